The highest BCUT2D eigenvalue weighted by molar-refractivity contribution is 14.0. The van der Waals surface area contributed by atoms with E-state index < -0.39 is 6.10 Å². The molecule has 1 unspecified atom stereocenters. The van der Waals surface area contributed by atoms with Crippen molar-refractivity contribution >= 4 is 29.9 Å². The molecule has 5 nitrogen and oxygen atoms in total. The highest BCUT2D eigenvalue weighted by Crippen LogP contribution is 2.11. The molecule has 1 aromatic rings. The summed E-state index contributed by atoms with van der Waals surface area (Å²) in [5, 5.41) is 12.7. The fraction of sp³-hybridized carbons (Fsp3) is 0.533. The zero-order chi connectivity index (χ0) is 15.7. The molecule has 0 spiro atoms. The molecule has 0 fully saturated rings. The second-order valence-corrected chi connectivity index (χ2v) is 5.25. The molecule has 1 atom stereocenters. The van der Waals surface area contributed by atoms with E-state index in [1.807, 2.05) is 0 Å². The molecule has 0 saturated carbocycles. The smallest absolute Gasteiger partial charge is 0.188 e. The van der Waals surface area contributed by atoms with Gasteiger partial charge in [0.1, 0.15) is 24.3 Å². The molecule has 0 heterocycles. The van der Waals surface area contributed by atoms with Gasteiger partial charge in [0, 0.05) is 6.54 Å². The number of halogens is 2. The van der Waals surface area contributed by atoms with E-state index in [1.165, 1.54) is 24.3 Å². The Morgan fingerprint density at radius 2 is 2.00 bits per heavy atom. The van der Waals surface area contributed by atoms with Crippen molar-refractivity contribution in [3.8, 4) is 5.75 Å². The minimum atomic E-state index is -0.763. The fourth-order valence-electron chi connectivity index (χ4n) is 1.52. The average Bonchev–Trinajstić information content (AvgIpc) is 2.44. The van der Waals surface area contributed by atoms with Crippen LogP contribution in [0.1, 0.15) is 20.3 Å². The van der Waals surface area contributed by atoms with Crippen molar-refractivity contribution < 1.29 is 14.2 Å². The number of benzene rings is 1. The Morgan fingerprint density at radius 1 is 1.36 bits per heavy atom. The van der Waals surface area contributed by atoms with E-state index >= 15 is 0 Å². The molecular formula is C15H25FIN3O2. The summed E-state index contributed by atoms with van der Waals surface area (Å²) in [5.41, 5.74) is 5.68. The molecule has 7 heteroatoms. The first-order valence-corrected chi connectivity index (χ1v) is 7.07. The van der Waals surface area contributed by atoms with Crippen LogP contribution in [0.2, 0.25) is 0 Å². The van der Waals surface area contributed by atoms with Crippen LogP contribution in [0.5, 0.6) is 5.75 Å². The summed E-state index contributed by atoms with van der Waals surface area (Å²) in [7, 11) is 0. The third-order valence-corrected chi connectivity index (χ3v) is 2.76. The Balaban J connectivity index is 0.00000441. The minimum absolute atomic E-state index is 0. The average molecular weight is 425 g/mol. The normalized spacial score (nSPS) is 12.7. The topological polar surface area (TPSA) is 79.9 Å². The molecule has 0 radical (unpaired) electrons. The number of nitrogens with two attached hydrogens (primary N) is 1. The van der Waals surface area contributed by atoms with E-state index in [1.54, 1.807) is 0 Å². The highest BCUT2D eigenvalue weighted by Gasteiger charge is 2.05. The van der Waals surface area contributed by atoms with Crippen molar-refractivity contribution in [2.75, 3.05) is 19.7 Å². The highest BCUT2D eigenvalue weighted by atomic mass is 127. The molecule has 126 valence electrons. The zero-order valence-corrected chi connectivity index (χ0v) is 15.3. The molecule has 1 aromatic carbocycles. The number of aliphatic hydroxyl groups is 1. The number of guanidine groups is 1. The molecule has 0 bridgehead atoms. The maximum absolute atomic E-state index is 12.7. The first-order valence-electron chi connectivity index (χ1n) is 7.07. The van der Waals surface area contributed by atoms with Crippen molar-refractivity contribution in [2.24, 2.45) is 16.6 Å². The SMILES string of the molecule is CC(C)CCNC(N)=NCC(O)COc1ccc(F)cc1.I. The first-order chi connectivity index (χ1) is 9.97. The minimum Gasteiger partial charge on any atom is -0.491 e. The summed E-state index contributed by atoms with van der Waals surface area (Å²) in [6.45, 7) is 5.25. The predicted molar refractivity (Wildman–Crippen MR) is 97.3 cm³/mol. The van der Waals surface area contributed by atoms with Crippen LogP contribution in [-0.4, -0.2) is 36.9 Å². The van der Waals surface area contributed by atoms with E-state index in [0.717, 1.165) is 13.0 Å². The molecule has 0 aliphatic carbocycles. The summed E-state index contributed by atoms with van der Waals surface area (Å²) < 4.78 is 18.0. The van der Waals surface area contributed by atoms with Crippen molar-refractivity contribution in [2.45, 2.75) is 26.4 Å². The van der Waals surface area contributed by atoms with E-state index in [-0.39, 0.29) is 42.9 Å². The molecule has 0 amide bonds. The number of hydrogen-bond acceptors (Lipinski definition) is 3. The van der Waals surface area contributed by atoms with E-state index in [0.29, 0.717) is 17.6 Å². The molecule has 0 aliphatic rings. The Labute approximate surface area is 148 Å². The Hall–Kier alpha value is -1.09. The van der Waals surface area contributed by atoms with Gasteiger partial charge >= 0.3 is 0 Å². The van der Waals surface area contributed by atoms with E-state index in [2.05, 4.69) is 24.2 Å². The van der Waals surface area contributed by atoms with Crippen LogP contribution in [0.3, 0.4) is 0 Å². The van der Waals surface area contributed by atoms with E-state index in [4.69, 9.17) is 10.5 Å². The van der Waals surface area contributed by atoms with Crippen molar-refractivity contribution in [1.29, 1.82) is 0 Å². The maximum Gasteiger partial charge on any atom is 0.188 e. The number of aliphatic hydroxyl groups excluding tert-OH is 1. The number of ether oxygens (including phenoxy) is 1. The molecule has 0 aromatic heterocycles. The number of aliphatic imine (C=N–C) groups is 1. The number of hydrogen-bond donors (Lipinski definition) is 3. The Morgan fingerprint density at radius 3 is 2.59 bits per heavy atom. The lowest BCUT2D eigenvalue weighted by Gasteiger charge is -2.11. The summed E-state index contributed by atoms with van der Waals surface area (Å²) in [6, 6.07) is 5.62. The lowest BCUT2D eigenvalue weighted by atomic mass is 10.1. The van der Waals surface area contributed by atoms with Gasteiger partial charge in [-0.3, -0.25) is 4.99 Å². The maximum atomic E-state index is 12.7. The Kier molecular flexibility index (Phi) is 10.9. The van der Waals surface area contributed by atoms with Crippen molar-refractivity contribution in [3.63, 3.8) is 0 Å². The van der Waals surface area contributed by atoms with Crippen LogP contribution in [0, 0.1) is 11.7 Å². The van der Waals surface area contributed by atoms with Crippen LogP contribution in [0.15, 0.2) is 29.3 Å². The van der Waals surface area contributed by atoms with Crippen LogP contribution in [-0.2, 0) is 0 Å². The van der Waals surface area contributed by atoms with Crippen molar-refractivity contribution in [1.82, 2.24) is 5.32 Å². The molecular weight excluding hydrogens is 400 g/mol. The number of nitrogens with zero attached hydrogens (tertiary/aromatic N) is 1. The monoisotopic (exact) mass is 425 g/mol. The molecule has 0 aliphatic heterocycles. The third kappa shape index (κ3) is 9.78. The fourth-order valence-corrected chi connectivity index (χ4v) is 1.52. The lowest BCUT2D eigenvalue weighted by molar-refractivity contribution is 0.114. The molecule has 22 heavy (non-hydrogen) atoms. The van der Waals surface area contributed by atoms with Gasteiger partial charge in [0.15, 0.2) is 5.96 Å². The second-order valence-electron chi connectivity index (χ2n) is 5.25. The molecule has 0 saturated heterocycles. The van der Waals surface area contributed by atoms with Gasteiger partial charge in [0.05, 0.1) is 6.54 Å². The Bertz CT molecular complexity index is 441. The van der Waals surface area contributed by atoms with Gasteiger partial charge in [0.2, 0.25) is 0 Å². The van der Waals surface area contributed by atoms with Crippen LogP contribution in [0.4, 0.5) is 4.39 Å². The van der Waals surface area contributed by atoms with Crippen LogP contribution >= 0.6 is 24.0 Å². The summed E-state index contributed by atoms with van der Waals surface area (Å²) in [5.74, 6) is 1.09. The van der Waals surface area contributed by atoms with Gasteiger partial charge in [-0.25, -0.2) is 4.39 Å². The summed E-state index contributed by atoms with van der Waals surface area (Å²) in [4.78, 5) is 4.04. The van der Waals surface area contributed by atoms with E-state index in [9.17, 15) is 9.50 Å². The molecule has 1 rings (SSSR count). The lowest BCUT2D eigenvalue weighted by Crippen LogP contribution is -2.34. The number of nitrogens with one attached hydrogen (secondary N) is 1. The zero-order valence-electron chi connectivity index (χ0n) is 13.0. The largest absolute Gasteiger partial charge is 0.491 e. The second kappa shape index (κ2) is 11.5. The van der Waals surface area contributed by atoms with Crippen LogP contribution in [0.25, 0.3) is 0 Å². The first kappa shape index (κ1) is 20.9. The summed E-state index contributed by atoms with van der Waals surface area (Å²) >= 11 is 0. The quantitative estimate of drug-likeness (QED) is 0.339. The van der Waals surface area contributed by atoms with Gasteiger partial charge in [-0.05, 0) is 36.6 Å². The van der Waals surface area contributed by atoms with Gasteiger partial charge in [-0.15, -0.1) is 24.0 Å². The van der Waals surface area contributed by atoms with Gasteiger partial charge in [-0.2, -0.15) is 0 Å². The molecule has 4 N–H and O–H groups in total. The standard InChI is InChI=1S/C15H24FN3O2.HI/c1-11(2)7-8-18-15(17)19-9-13(20)10-21-14-5-3-12(16)4-6-14;/h3-6,11,13,20H,7-10H2,1-2H3,(H3,17,18,19);1H. The number of rotatable bonds is 8. The van der Waals surface area contributed by atoms with Gasteiger partial charge in [0.25, 0.3) is 0 Å². The van der Waals surface area contributed by atoms with Crippen LogP contribution < -0.4 is 15.8 Å². The van der Waals surface area contributed by atoms with Gasteiger partial charge in [-0.1, -0.05) is 13.8 Å². The third-order valence-electron chi connectivity index (χ3n) is 2.76. The predicted octanol–water partition coefficient (Wildman–Crippen LogP) is 2.13. The van der Waals surface area contributed by atoms with Gasteiger partial charge < -0.3 is 20.9 Å². The summed E-state index contributed by atoms with van der Waals surface area (Å²) in [6.07, 6.45) is 0.243. The van der Waals surface area contributed by atoms with Crippen molar-refractivity contribution in [3.05, 3.63) is 30.1 Å².